The minimum atomic E-state index is -0.513. The molecule has 7 nitrogen and oxygen atoms in total. The summed E-state index contributed by atoms with van der Waals surface area (Å²) in [6, 6.07) is 5.22. The largest absolute Gasteiger partial charge is 0.493 e. The van der Waals surface area contributed by atoms with Crippen molar-refractivity contribution in [1.82, 2.24) is 5.32 Å². The summed E-state index contributed by atoms with van der Waals surface area (Å²) in [5.41, 5.74) is 0.240. The van der Waals surface area contributed by atoms with Gasteiger partial charge in [-0.25, -0.2) is 4.79 Å². The van der Waals surface area contributed by atoms with Crippen LogP contribution in [0.1, 0.15) is 32.8 Å². The second-order valence-electron chi connectivity index (χ2n) is 5.90. The number of nitrogens with zero attached hydrogens (tertiary/aromatic N) is 1. The maximum atomic E-state index is 11.5. The average molecular weight is 324 g/mol. The standard InChI is InChI=1S/C16H24N2O5/c1-16(2,3)23-15(19)17-8-5-9-22-14-10-12(11-18-20)6-7-13(14)21-4/h6-7,10H,5,8-9,11H2,1-4H3,(H,17,19). The predicted octanol–water partition coefficient (Wildman–Crippen LogP) is 3.26. The minimum absolute atomic E-state index is 0.0839. The molecule has 0 aromatic heterocycles. The molecule has 7 heteroatoms. The second-order valence-corrected chi connectivity index (χ2v) is 5.90. The van der Waals surface area contributed by atoms with Gasteiger partial charge >= 0.3 is 6.09 Å². The number of ether oxygens (including phenoxy) is 3. The fraction of sp³-hybridized carbons (Fsp3) is 0.562. The van der Waals surface area contributed by atoms with Gasteiger partial charge in [0, 0.05) is 6.54 Å². The number of hydrogen-bond donors (Lipinski definition) is 1. The number of carbonyl (C=O) groups excluding carboxylic acids is 1. The van der Waals surface area contributed by atoms with Crippen LogP contribution < -0.4 is 14.8 Å². The third-order valence-corrected chi connectivity index (χ3v) is 2.72. The molecule has 1 amide bonds. The van der Waals surface area contributed by atoms with Gasteiger partial charge in [-0.05, 0) is 44.9 Å². The summed E-state index contributed by atoms with van der Waals surface area (Å²) < 4.78 is 16.0. The minimum Gasteiger partial charge on any atom is -0.493 e. The molecule has 0 aliphatic rings. The molecule has 1 aromatic carbocycles. The normalized spacial score (nSPS) is 10.8. The van der Waals surface area contributed by atoms with Gasteiger partial charge in [0.15, 0.2) is 11.5 Å². The molecule has 128 valence electrons. The van der Waals surface area contributed by atoms with E-state index in [1.54, 1.807) is 25.3 Å². The Balaban J connectivity index is 2.39. The number of rotatable bonds is 8. The smallest absolute Gasteiger partial charge is 0.407 e. The average Bonchev–Trinajstić information content (AvgIpc) is 2.45. The van der Waals surface area contributed by atoms with Crippen molar-refractivity contribution < 1.29 is 19.0 Å². The van der Waals surface area contributed by atoms with E-state index in [9.17, 15) is 9.70 Å². The molecule has 0 heterocycles. The first-order valence-electron chi connectivity index (χ1n) is 7.41. The summed E-state index contributed by atoms with van der Waals surface area (Å²) in [5, 5.41) is 5.51. The molecule has 0 bridgehead atoms. The fourth-order valence-corrected chi connectivity index (χ4v) is 1.77. The topological polar surface area (TPSA) is 86.2 Å². The summed E-state index contributed by atoms with van der Waals surface area (Å²) >= 11 is 0. The van der Waals surface area contributed by atoms with Crippen LogP contribution >= 0.6 is 0 Å². The van der Waals surface area contributed by atoms with Crippen LogP contribution in [0.15, 0.2) is 23.4 Å². The van der Waals surface area contributed by atoms with Crippen LogP contribution in [-0.2, 0) is 11.3 Å². The molecule has 0 spiro atoms. The molecule has 0 fully saturated rings. The van der Waals surface area contributed by atoms with Crippen LogP contribution in [-0.4, -0.2) is 32.0 Å². The molecule has 0 unspecified atom stereocenters. The van der Waals surface area contributed by atoms with E-state index in [1.165, 1.54) is 0 Å². The number of carbonyl (C=O) groups is 1. The van der Waals surface area contributed by atoms with Gasteiger partial charge in [-0.15, -0.1) is 0 Å². The van der Waals surface area contributed by atoms with Crippen LogP contribution in [0.5, 0.6) is 11.5 Å². The van der Waals surface area contributed by atoms with Crippen molar-refractivity contribution in [2.24, 2.45) is 5.18 Å². The number of methoxy groups -OCH3 is 1. The van der Waals surface area contributed by atoms with Gasteiger partial charge in [0.2, 0.25) is 0 Å². The van der Waals surface area contributed by atoms with E-state index in [0.717, 1.165) is 5.56 Å². The Kier molecular flexibility index (Phi) is 7.31. The summed E-state index contributed by atoms with van der Waals surface area (Å²) in [5.74, 6) is 1.13. The zero-order valence-electron chi connectivity index (χ0n) is 14.0. The van der Waals surface area contributed by atoms with E-state index in [2.05, 4.69) is 10.5 Å². The van der Waals surface area contributed by atoms with Crippen LogP contribution in [0, 0.1) is 4.91 Å². The Labute approximate surface area is 136 Å². The van der Waals surface area contributed by atoms with Gasteiger partial charge in [0.05, 0.1) is 13.7 Å². The zero-order chi connectivity index (χ0) is 17.3. The molecule has 0 aliphatic carbocycles. The van der Waals surface area contributed by atoms with Crippen LogP contribution in [0.4, 0.5) is 4.79 Å². The van der Waals surface area contributed by atoms with Crippen LogP contribution in [0.2, 0.25) is 0 Å². The van der Waals surface area contributed by atoms with Gasteiger partial charge in [-0.2, -0.15) is 4.91 Å². The summed E-state index contributed by atoms with van der Waals surface area (Å²) in [6.07, 6.45) is 0.160. The molecule has 0 saturated carbocycles. The highest BCUT2D eigenvalue weighted by Gasteiger charge is 2.15. The van der Waals surface area contributed by atoms with Gasteiger partial charge < -0.3 is 19.5 Å². The molecule has 23 heavy (non-hydrogen) atoms. The Morgan fingerprint density at radius 3 is 2.61 bits per heavy atom. The predicted molar refractivity (Wildman–Crippen MR) is 86.8 cm³/mol. The van der Waals surface area contributed by atoms with E-state index < -0.39 is 11.7 Å². The van der Waals surface area contributed by atoms with Crippen molar-refractivity contribution in [3.63, 3.8) is 0 Å². The number of alkyl carbamates (subject to hydrolysis) is 1. The third-order valence-electron chi connectivity index (χ3n) is 2.72. The summed E-state index contributed by atoms with van der Waals surface area (Å²) in [6.45, 7) is 6.34. The Bertz CT molecular complexity index is 526. The van der Waals surface area contributed by atoms with Crippen molar-refractivity contribution in [2.75, 3.05) is 20.3 Å². The Morgan fingerprint density at radius 2 is 2.00 bits per heavy atom. The first-order valence-corrected chi connectivity index (χ1v) is 7.41. The van der Waals surface area contributed by atoms with E-state index in [4.69, 9.17) is 14.2 Å². The van der Waals surface area contributed by atoms with Gasteiger partial charge in [-0.1, -0.05) is 11.2 Å². The van der Waals surface area contributed by atoms with E-state index in [1.807, 2.05) is 20.8 Å². The molecule has 0 aliphatic heterocycles. The third kappa shape index (κ3) is 7.49. The Morgan fingerprint density at radius 1 is 1.26 bits per heavy atom. The van der Waals surface area contributed by atoms with E-state index >= 15 is 0 Å². The van der Waals surface area contributed by atoms with Crippen molar-refractivity contribution in [1.29, 1.82) is 0 Å². The number of benzene rings is 1. The summed E-state index contributed by atoms with van der Waals surface area (Å²) in [4.78, 5) is 21.8. The molecule has 0 radical (unpaired) electrons. The van der Waals surface area contributed by atoms with Crippen LogP contribution in [0.25, 0.3) is 0 Å². The fourth-order valence-electron chi connectivity index (χ4n) is 1.77. The van der Waals surface area contributed by atoms with Gasteiger partial charge in [-0.3, -0.25) is 0 Å². The van der Waals surface area contributed by atoms with Gasteiger partial charge in [0.25, 0.3) is 0 Å². The number of hydrogen-bond acceptors (Lipinski definition) is 6. The highest BCUT2D eigenvalue weighted by Crippen LogP contribution is 2.28. The van der Waals surface area contributed by atoms with E-state index in [0.29, 0.717) is 31.1 Å². The Hall–Kier alpha value is -2.31. The summed E-state index contributed by atoms with van der Waals surface area (Å²) in [7, 11) is 1.55. The monoisotopic (exact) mass is 324 g/mol. The number of nitroso groups, excluding NO2 is 1. The molecule has 1 N–H and O–H groups in total. The van der Waals surface area contributed by atoms with Crippen LogP contribution in [0.3, 0.4) is 0 Å². The zero-order valence-corrected chi connectivity index (χ0v) is 14.0. The first-order chi connectivity index (χ1) is 10.9. The maximum Gasteiger partial charge on any atom is 0.407 e. The molecule has 1 rings (SSSR count). The second kappa shape index (κ2) is 8.97. The quantitative estimate of drug-likeness (QED) is 0.586. The highest BCUT2D eigenvalue weighted by molar-refractivity contribution is 5.67. The molecule has 0 atom stereocenters. The lowest BCUT2D eigenvalue weighted by Gasteiger charge is -2.19. The highest BCUT2D eigenvalue weighted by atomic mass is 16.6. The molecular weight excluding hydrogens is 300 g/mol. The molecule has 1 aromatic rings. The van der Waals surface area contributed by atoms with Crippen molar-refractivity contribution in [2.45, 2.75) is 39.3 Å². The maximum absolute atomic E-state index is 11.5. The van der Waals surface area contributed by atoms with Crippen molar-refractivity contribution in [3.05, 3.63) is 28.7 Å². The molecular formula is C16H24N2O5. The lowest BCUT2D eigenvalue weighted by molar-refractivity contribution is 0.0525. The van der Waals surface area contributed by atoms with Gasteiger partial charge in [0.1, 0.15) is 12.1 Å². The lowest BCUT2D eigenvalue weighted by atomic mass is 10.2. The SMILES string of the molecule is COc1ccc(CN=O)cc1OCCCNC(=O)OC(C)(C)C. The van der Waals surface area contributed by atoms with E-state index in [-0.39, 0.29) is 6.54 Å². The first kappa shape index (κ1) is 18.7. The molecule has 0 saturated heterocycles. The lowest BCUT2D eigenvalue weighted by Crippen LogP contribution is -2.33. The number of amides is 1. The number of nitrogens with one attached hydrogen (secondary N) is 1. The van der Waals surface area contributed by atoms with Crippen molar-refractivity contribution >= 4 is 6.09 Å². The van der Waals surface area contributed by atoms with Crippen molar-refractivity contribution in [3.8, 4) is 11.5 Å².